The minimum Gasteiger partial charge on any atom is -0.355 e. The molecule has 1 aromatic rings. The van der Waals surface area contributed by atoms with Crippen LogP contribution in [0.1, 0.15) is 11.1 Å². The fourth-order valence-corrected chi connectivity index (χ4v) is 1.45. The highest BCUT2D eigenvalue weighted by molar-refractivity contribution is 9.09. The Bertz CT molecular complexity index is 312. The Morgan fingerprint density at radius 2 is 2.29 bits per heavy atom. The van der Waals surface area contributed by atoms with Crippen molar-refractivity contribution in [2.45, 2.75) is 13.3 Å². The van der Waals surface area contributed by atoms with Gasteiger partial charge in [-0.25, -0.2) is 0 Å². The molecule has 0 heterocycles. The Balaban J connectivity index is 2.47. The zero-order valence-corrected chi connectivity index (χ0v) is 9.80. The van der Waals surface area contributed by atoms with Gasteiger partial charge in [-0.2, -0.15) is 0 Å². The predicted molar refractivity (Wildman–Crippen MR) is 61.7 cm³/mol. The van der Waals surface area contributed by atoms with Gasteiger partial charge in [-0.3, -0.25) is 4.79 Å². The third-order valence-corrected chi connectivity index (χ3v) is 2.26. The Kier molecular flexibility index (Phi) is 4.66. The van der Waals surface area contributed by atoms with Gasteiger partial charge in [0, 0.05) is 11.9 Å². The van der Waals surface area contributed by atoms with E-state index in [0.717, 1.165) is 10.9 Å². The molecule has 0 radical (unpaired) electrons. The summed E-state index contributed by atoms with van der Waals surface area (Å²) < 4.78 is 0. The number of benzene rings is 1. The number of hydrogen-bond donors (Lipinski definition) is 1. The summed E-state index contributed by atoms with van der Waals surface area (Å²) in [7, 11) is 0. The molecule has 0 saturated carbocycles. The summed E-state index contributed by atoms with van der Waals surface area (Å²) in [6.07, 6.45) is 0.467. The number of rotatable bonds is 4. The first-order valence-corrected chi connectivity index (χ1v) is 5.72. The van der Waals surface area contributed by atoms with Crippen molar-refractivity contribution < 1.29 is 4.79 Å². The molecule has 0 bridgehead atoms. The van der Waals surface area contributed by atoms with Gasteiger partial charge in [0.2, 0.25) is 5.91 Å². The summed E-state index contributed by atoms with van der Waals surface area (Å²) in [5.74, 6) is 0.0788. The molecule has 0 aromatic heterocycles. The van der Waals surface area contributed by atoms with Crippen LogP contribution in [0.4, 0.5) is 0 Å². The predicted octanol–water partition coefficient (Wildman–Crippen LogP) is 2.05. The van der Waals surface area contributed by atoms with Gasteiger partial charge in [0.25, 0.3) is 0 Å². The summed E-state index contributed by atoms with van der Waals surface area (Å²) in [5.41, 5.74) is 2.26. The van der Waals surface area contributed by atoms with Crippen LogP contribution >= 0.6 is 15.9 Å². The van der Waals surface area contributed by atoms with E-state index >= 15 is 0 Å². The quantitative estimate of drug-likeness (QED) is 0.821. The number of alkyl halides is 1. The SMILES string of the molecule is Cc1cccc(CC(=O)NCCBr)c1. The molecule has 0 aliphatic carbocycles. The van der Waals surface area contributed by atoms with Gasteiger partial charge in [0.15, 0.2) is 0 Å². The number of halogens is 1. The topological polar surface area (TPSA) is 29.1 Å². The lowest BCUT2D eigenvalue weighted by Gasteiger charge is -2.03. The van der Waals surface area contributed by atoms with Crippen molar-refractivity contribution in [1.29, 1.82) is 0 Å². The van der Waals surface area contributed by atoms with Crippen molar-refractivity contribution in [3.8, 4) is 0 Å². The maximum absolute atomic E-state index is 11.4. The average molecular weight is 256 g/mol. The van der Waals surface area contributed by atoms with Crippen molar-refractivity contribution in [2.24, 2.45) is 0 Å². The number of carbonyl (C=O) groups excluding carboxylic acids is 1. The van der Waals surface area contributed by atoms with E-state index in [1.165, 1.54) is 5.56 Å². The largest absolute Gasteiger partial charge is 0.355 e. The highest BCUT2D eigenvalue weighted by Gasteiger charge is 2.01. The molecule has 0 unspecified atom stereocenters. The Labute approximate surface area is 92.8 Å². The normalized spacial score (nSPS) is 9.86. The standard InChI is InChI=1S/C11H14BrNO/c1-9-3-2-4-10(7-9)8-11(14)13-6-5-12/h2-4,7H,5-6,8H2,1H3,(H,13,14). The second kappa shape index (κ2) is 5.81. The molecule has 0 saturated heterocycles. The van der Waals surface area contributed by atoms with Gasteiger partial charge in [-0.1, -0.05) is 45.8 Å². The van der Waals surface area contributed by atoms with Gasteiger partial charge < -0.3 is 5.32 Å². The first-order valence-electron chi connectivity index (χ1n) is 4.60. The molecule has 2 nitrogen and oxygen atoms in total. The summed E-state index contributed by atoms with van der Waals surface area (Å²) in [4.78, 5) is 11.4. The van der Waals surface area contributed by atoms with Crippen molar-refractivity contribution in [3.05, 3.63) is 35.4 Å². The van der Waals surface area contributed by atoms with Gasteiger partial charge in [0.1, 0.15) is 0 Å². The van der Waals surface area contributed by atoms with Crippen LogP contribution in [0.25, 0.3) is 0 Å². The van der Waals surface area contributed by atoms with E-state index in [1.54, 1.807) is 0 Å². The molecule has 0 atom stereocenters. The minimum atomic E-state index is 0.0788. The highest BCUT2D eigenvalue weighted by Crippen LogP contribution is 2.04. The van der Waals surface area contributed by atoms with E-state index in [0.29, 0.717) is 13.0 Å². The highest BCUT2D eigenvalue weighted by atomic mass is 79.9. The average Bonchev–Trinajstić information content (AvgIpc) is 2.15. The fourth-order valence-electron chi connectivity index (χ4n) is 1.26. The second-order valence-electron chi connectivity index (χ2n) is 3.20. The first-order chi connectivity index (χ1) is 6.72. The van der Waals surface area contributed by atoms with E-state index in [1.807, 2.05) is 31.2 Å². The second-order valence-corrected chi connectivity index (χ2v) is 4.00. The van der Waals surface area contributed by atoms with Crippen LogP contribution in [-0.4, -0.2) is 17.8 Å². The number of amides is 1. The molecule has 1 amide bonds. The molecule has 1 rings (SSSR count). The molecule has 1 N–H and O–H groups in total. The van der Waals surface area contributed by atoms with Crippen LogP contribution < -0.4 is 5.32 Å². The van der Waals surface area contributed by atoms with Crippen LogP contribution in [0.3, 0.4) is 0 Å². The van der Waals surface area contributed by atoms with Crippen LogP contribution in [0.2, 0.25) is 0 Å². The zero-order valence-electron chi connectivity index (χ0n) is 8.22. The number of aryl methyl sites for hydroxylation is 1. The summed E-state index contributed by atoms with van der Waals surface area (Å²) in [6.45, 7) is 2.71. The van der Waals surface area contributed by atoms with E-state index in [4.69, 9.17) is 0 Å². The van der Waals surface area contributed by atoms with Gasteiger partial charge >= 0.3 is 0 Å². The van der Waals surface area contributed by atoms with Gasteiger partial charge in [-0.15, -0.1) is 0 Å². The molecule has 14 heavy (non-hydrogen) atoms. The van der Waals surface area contributed by atoms with Crippen LogP contribution in [0.15, 0.2) is 24.3 Å². The van der Waals surface area contributed by atoms with E-state index in [9.17, 15) is 4.79 Å². The van der Waals surface area contributed by atoms with Crippen molar-refractivity contribution in [3.63, 3.8) is 0 Å². The molecular formula is C11H14BrNO. The third kappa shape index (κ3) is 3.92. The summed E-state index contributed by atoms with van der Waals surface area (Å²) in [6, 6.07) is 8.01. The van der Waals surface area contributed by atoms with Crippen LogP contribution in [0.5, 0.6) is 0 Å². The third-order valence-electron chi connectivity index (χ3n) is 1.86. The Hall–Kier alpha value is -0.830. The molecule has 1 aromatic carbocycles. The molecule has 0 fully saturated rings. The maximum Gasteiger partial charge on any atom is 0.224 e. The van der Waals surface area contributed by atoms with E-state index in [2.05, 4.69) is 21.2 Å². The van der Waals surface area contributed by atoms with E-state index in [-0.39, 0.29) is 5.91 Å². The molecular weight excluding hydrogens is 242 g/mol. The molecule has 0 aliphatic rings. The van der Waals surface area contributed by atoms with Gasteiger partial charge in [0.05, 0.1) is 6.42 Å². The summed E-state index contributed by atoms with van der Waals surface area (Å²) in [5, 5.41) is 3.61. The number of nitrogens with one attached hydrogen (secondary N) is 1. The number of hydrogen-bond acceptors (Lipinski definition) is 1. The Morgan fingerprint density at radius 3 is 2.93 bits per heavy atom. The molecule has 3 heteroatoms. The fraction of sp³-hybridized carbons (Fsp3) is 0.364. The van der Waals surface area contributed by atoms with Crippen molar-refractivity contribution >= 4 is 21.8 Å². The minimum absolute atomic E-state index is 0.0788. The monoisotopic (exact) mass is 255 g/mol. The lowest BCUT2D eigenvalue weighted by Crippen LogP contribution is -2.26. The lowest BCUT2D eigenvalue weighted by molar-refractivity contribution is -0.120. The van der Waals surface area contributed by atoms with Crippen LogP contribution in [0, 0.1) is 6.92 Å². The van der Waals surface area contributed by atoms with Crippen molar-refractivity contribution in [2.75, 3.05) is 11.9 Å². The number of carbonyl (C=O) groups is 1. The maximum atomic E-state index is 11.4. The zero-order chi connectivity index (χ0) is 10.4. The van der Waals surface area contributed by atoms with Gasteiger partial charge in [-0.05, 0) is 12.5 Å². The molecule has 0 aliphatic heterocycles. The first kappa shape index (κ1) is 11.2. The van der Waals surface area contributed by atoms with Crippen molar-refractivity contribution in [1.82, 2.24) is 5.32 Å². The molecule has 0 spiro atoms. The Morgan fingerprint density at radius 1 is 1.50 bits per heavy atom. The van der Waals surface area contributed by atoms with E-state index < -0.39 is 0 Å². The summed E-state index contributed by atoms with van der Waals surface area (Å²) >= 11 is 3.26. The van der Waals surface area contributed by atoms with Crippen LogP contribution in [-0.2, 0) is 11.2 Å². The molecule has 76 valence electrons. The smallest absolute Gasteiger partial charge is 0.224 e. The lowest BCUT2D eigenvalue weighted by atomic mass is 10.1.